The molecule has 1 atom stereocenters. The molecule has 0 saturated carbocycles. The molecule has 0 aromatic heterocycles. The van der Waals surface area contributed by atoms with Crippen LogP contribution in [0.3, 0.4) is 0 Å². The van der Waals surface area contributed by atoms with E-state index in [0.717, 1.165) is 0 Å². The Morgan fingerprint density at radius 2 is 2.00 bits per heavy atom. The Bertz CT molecular complexity index is 32.1. The molecule has 7 heavy (non-hydrogen) atoms. The van der Waals surface area contributed by atoms with Gasteiger partial charge in [-0.2, -0.15) is 25.3 Å². The largest absolute Gasteiger partial charge is 0.395 e. The molecule has 0 saturated heterocycles. The zero-order valence-electron chi connectivity index (χ0n) is 4.33. The molecule has 0 amide bonds. The van der Waals surface area contributed by atoms with Gasteiger partial charge in [-0.1, -0.05) is 0 Å². The molecule has 0 aliphatic carbocycles. The van der Waals surface area contributed by atoms with Gasteiger partial charge in [-0.15, -0.1) is 0 Å². The fourth-order valence-electron chi connectivity index (χ4n) is 0.0577. The van der Waals surface area contributed by atoms with Gasteiger partial charge >= 0.3 is 0 Å². The molecule has 0 aliphatic rings. The minimum Gasteiger partial charge on any atom is -0.395 e. The second kappa shape index (κ2) is 7.66. The smallest absolute Gasteiger partial charge is 0.0555 e. The van der Waals surface area contributed by atoms with E-state index in [0.29, 0.717) is 5.75 Å². The van der Waals surface area contributed by atoms with Gasteiger partial charge in [-0.05, 0) is 0 Å². The summed E-state index contributed by atoms with van der Waals surface area (Å²) in [6.07, 6.45) is 0. The number of thiol groups is 2. The molecule has 0 fully saturated rings. The van der Waals surface area contributed by atoms with E-state index in [-0.39, 0.29) is 41.4 Å². The number of hydrogen-bond acceptors (Lipinski definition) is 3. The second-order valence-electron chi connectivity index (χ2n) is 1.02. The first-order chi connectivity index (χ1) is 2.81. The molecule has 39 valence electrons. The molecule has 1 unspecified atom stereocenters. The zero-order chi connectivity index (χ0) is 4.99. The van der Waals surface area contributed by atoms with Gasteiger partial charge in [0.15, 0.2) is 0 Å². The van der Waals surface area contributed by atoms with Crippen molar-refractivity contribution in [3.8, 4) is 0 Å². The number of hydrogen-bond donors (Lipinski definition) is 3. The van der Waals surface area contributed by atoms with Crippen LogP contribution in [0.25, 0.3) is 0 Å². The molecular weight excluding hydrogens is 139 g/mol. The molecular formula is C3H8NaOS2. The van der Waals surface area contributed by atoms with Crippen LogP contribution in [0.2, 0.25) is 0 Å². The number of rotatable bonds is 2. The SMILES string of the molecule is OCC(S)CS.[Na]. The fraction of sp³-hybridized carbons (Fsp3) is 1.00. The van der Waals surface area contributed by atoms with Crippen LogP contribution in [-0.2, 0) is 0 Å². The molecule has 0 aromatic carbocycles. The summed E-state index contributed by atoms with van der Waals surface area (Å²) in [5, 5.41) is 8.26. The maximum Gasteiger partial charge on any atom is 0.0555 e. The second-order valence-corrected chi connectivity index (χ2v) is 2.11. The molecule has 1 N–H and O–H groups in total. The Morgan fingerprint density at radius 1 is 1.57 bits per heavy atom. The molecule has 4 heteroatoms. The summed E-state index contributed by atoms with van der Waals surface area (Å²) in [6.45, 7) is 0.118. The third-order valence-electron chi connectivity index (χ3n) is 0.421. The van der Waals surface area contributed by atoms with Gasteiger partial charge in [0.05, 0.1) is 6.61 Å². The number of aliphatic hydroxyl groups is 1. The first-order valence-electron chi connectivity index (χ1n) is 1.71. The summed E-state index contributed by atoms with van der Waals surface area (Å²) in [4.78, 5) is 0. The van der Waals surface area contributed by atoms with Gasteiger partial charge in [-0.25, -0.2) is 0 Å². The van der Waals surface area contributed by atoms with Crippen LogP contribution >= 0.6 is 25.3 Å². The first-order valence-corrected chi connectivity index (χ1v) is 2.86. The predicted octanol–water partition coefficient (Wildman–Crippen LogP) is -0.174. The van der Waals surface area contributed by atoms with Crippen LogP contribution in [0, 0.1) is 0 Å². The normalized spacial score (nSPS) is 12.4. The molecule has 0 spiro atoms. The van der Waals surface area contributed by atoms with Gasteiger partial charge < -0.3 is 5.11 Å². The van der Waals surface area contributed by atoms with Crippen LogP contribution in [0.1, 0.15) is 0 Å². The monoisotopic (exact) mass is 147 g/mol. The van der Waals surface area contributed by atoms with Crippen molar-refractivity contribution in [3.63, 3.8) is 0 Å². The van der Waals surface area contributed by atoms with Gasteiger partial charge in [0.25, 0.3) is 0 Å². The van der Waals surface area contributed by atoms with Crippen LogP contribution in [0.15, 0.2) is 0 Å². The van der Waals surface area contributed by atoms with E-state index in [2.05, 4.69) is 25.3 Å². The van der Waals surface area contributed by atoms with Crippen LogP contribution in [-0.4, -0.2) is 52.3 Å². The molecule has 1 radical (unpaired) electrons. The van der Waals surface area contributed by atoms with Gasteiger partial charge in [0, 0.05) is 40.6 Å². The number of aliphatic hydroxyl groups excluding tert-OH is 1. The van der Waals surface area contributed by atoms with Gasteiger partial charge in [0.2, 0.25) is 0 Å². The topological polar surface area (TPSA) is 20.2 Å². The van der Waals surface area contributed by atoms with Gasteiger partial charge in [-0.3, -0.25) is 0 Å². The molecule has 0 bridgehead atoms. The Labute approximate surface area is 77.0 Å². The summed E-state index contributed by atoms with van der Waals surface area (Å²) in [7, 11) is 0. The van der Waals surface area contributed by atoms with Crippen molar-refractivity contribution in [2.45, 2.75) is 5.25 Å². The molecule has 0 aromatic rings. The van der Waals surface area contributed by atoms with Crippen molar-refractivity contribution < 1.29 is 5.11 Å². The fourth-order valence-corrected chi connectivity index (χ4v) is 0.173. The van der Waals surface area contributed by atoms with Crippen molar-refractivity contribution in [3.05, 3.63) is 0 Å². The van der Waals surface area contributed by atoms with E-state index in [4.69, 9.17) is 5.11 Å². The summed E-state index contributed by atoms with van der Waals surface area (Å²) >= 11 is 7.76. The van der Waals surface area contributed by atoms with Crippen LogP contribution in [0.5, 0.6) is 0 Å². The zero-order valence-corrected chi connectivity index (χ0v) is 8.12. The summed E-state index contributed by atoms with van der Waals surface area (Å²) in [6, 6.07) is 0. The van der Waals surface area contributed by atoms with Crippen molar-refractivity contribution in [2.75, 3.05) is 12.4 Å². The Morgan fingerprint density at radius 3 is 2.00 bits per heavy atom. The van der Waals surface area contributed by atoms with Crippen LogP contribution in [0.4, 0.5) is 0 Å². The van der Waals surface area contributed by atoms with Gasteiger partial charge in [0.1, 0.15) is 0 Å². The standard InChI is InChI=1S/C3H8OS2.Na/c4-1-3(6)2-5;/h3-6H,1-2H2;. The minimum absolute atomic E-state index is 0. The van der Waals surface area contributed by atoms with Crippen molar-refractivity contribution in [1.29, 1.82) is 0 Å². The average molecular weight is 147 g/mol. The Hall–Kier alpha value is 1.66. The van der Waals surface area contributed by atoms with Crippen molar-refractivity contribution in [1.82, 2.24) is 0 Å². The van der Waals surface area contributed by atoms with E-state index in [1.807, 2.05) is 0 Å². The van der Waals surface area contributed by atoms with Crippen molar-refractivity contribution >= 4 is 54.8 Å². The molecule has 0 rings (SSSR count). The van der Waals surface area contributed by atoms with E-state index in [1.54, 1.807) is 0 Å². The molecule has 0 heterocycles. The van der Waals surface area contributed by atoms with Crippen LogP contribution < -0.4 is 0 Å². The van der Waals surface area contributed by atoms with E-state index >= 15 is 0 Å². The average Bonchev–Trinajstić information content (AvgIpc) is 1.65. The molecule has 0 aliphatic heterocycles. The first kappa shape index (κ1) is 11.5. The maximum absolute atomic E-state index is 8.21. The van der Waals surface area contributed by atoms with Crippen molar-refractivity contribution in [2.24, 2.45) is 0 Å². The Kier molecular flexibility index (Phi) is 12.5. The van der Waals surface area contributed by atoms with E-state index in [9.17, 15) is 0 Å². The Balaban J connectivity index is 0. The van der Waals surface area contributed by atoms with E-state index < -0.39 is 0 Å². The summed E-state index contributed by atoms with van der Waals surface area (Å²) in [5.74, 6) is 0.639. The third kappa shape index (κ3) is 7.66. The summed E-state index contributed by atoms with van der Waals surface area (Å²) in [5.41, 5.74) is 0. The summed E-state index contributed by atoms with van der Waals surface area (Å²) < 4.78 is 0. The van der Waals surface area contributed by atoms with E-state index in [1.165, 1.54) is 0 Å². The predicted molar refractivity (Wildman–Crippen MR) is 39.5 cm³/mol. The molecule has 1 nitrogen and oxygen atoms in total. The minimum atomic E-state index is 0. The maximum atomic E-state index is 8.21. The third-order valence-corrected chi connectivity index (χ3v) is 1.50. The quantitative estimate of drug-likeness (QED) is 0.366.